The summed E-state index contributed by atoms with van der Waals surface area (Å²) in [5, 5.41) is 11.4. The van der Waals surface area contributed by atoms with Crippen molar-refractivity contribution in [2.24, 2.45) is 0 Å². The molecule has 0 heterocycles. The zero-order chi connectivity index (χ0) is 11.0. The summed E-state index contributed by atoms with van der Waals surface area (Å²) in [7, 11) is 0. The van der Waals surface area contributed by atoms with Crippen LogP contribution < -0.4 is 5.32 Å². The third kappa shape index (κ3) is 6.62. The molecular weight excluding hydrogens is 182 g/mol. The van der Waals surface area contributed by atoms with Gasteiger partial charge >= 0.3 is 0 Å². The Kier molecular flexibility index (Phi) is 7.06. The molecule has 2 N–H and O–H groups in total. The molecule has 0 aromatic rings. The van der Waals surface area contributed by atoms with E-state index >= 15 is 0 Å². The van der Waals surface area contributed by atoms with Gasteiger partial charge in [-0.3, -0.25) is 4.79 Å². The Labute approximate surface area is 85.0 Å². The normalized spacial score (nSPS) is 12.2. The second-order valence-electron chi connectivity index (χ2n) is 3.18. The molecule has 14 heavy (non-hydrogen) atoms. The second kappa shape index (κ2) is 7.53. The summed E-state index contributed by atoms with van der Waals surface area (Å²) in [6, 6.07) is 0. The number of rotatable bonds is 7. The average Bonchev–Trinajstić information content (AvgIpc) is 2.12. The molecule has 1 amide bonds. The number of aliphatic hydroxyl groups is 1. The smallest absolute Gasteiger partial charge is 0.250 e. The minimum atomic E-state index is -1.23. The van der Waals surface area contributed by atoms with Crippen LogP contribution in [0.4, 0.5) is 0 Å². The molecule has 0 spiro atoms. The van der Waals surface area contributed by atoms with Gasteiger partial charge in [0.15, 0.2) is 0 Å². The lowest BCUT2D eigenvalue weighted by Crippen LogP contribution is -2.37. The Morgan fingerprint density at radius 2 is 2.21 bits per heavy atom. The molecule has 1 unspecified atom stereocenters. The maximum atomic E-state index is 11.0. The lowest BCUT2D eigenvalue weighted by atomic mass is 10.3. The molecular formula is C10H19NO3. The van der Waals surface area contributed by atoms with E-state index in [0.29, 0.717) is 12.2 Å². The van der Waals surface area contributed by atoms with Crippen molar-refractivity contribution in [3.63, 3.8) is 0 Å². The third-order valence-corrected chi connectivity index (χ3v) is 1.67. The summed E-state index contributed by atoms with van der Waals surface area (Å²) in [4.78, 5) is 11.0. The van der Waals surface area contributed by atoms with Crippen LogP contribution in [0, 0.1) is 0 Å². The number of hydrogen-bond acceptors (Lipinski definition) is 3. The number of hydrogen-bond donors (Lipinski definition) is 2. The van der Waals surface area contributed by atoms with Crippen LogP contribution >= 0.6 is 0 Å². The van der Waals surface area contributed by atoms with Crippen molar-refractivity contribution in [1.82, 2.24) is 5.32 Å². The van der Waals surface area contributed by atoms with Crippen LogP contribution in [0.1, 0.15) is 33.1 Å². The lowest BCUT2D eigenvalue weighted by molar-refractivity contribution is -0.144. The third-order valence-electron chi connectivity index (χ3n) is 1.67. The quantitative estimate of drug-likeness (QED) is 0.369. The van der Waals surface area contributed by atoms with Gasteiger partial charge in [-0.25, -0.2) is 0 Å². The molecule has 1 atom stereocenters. The molecule has 0 aliphatic heterocycles. The predicted octanol–water partition coefficient (Wildman–Crippen LogP) is 1.16. The van der Waals surface area contributed by atoms with Crippen molar-refractivity contribution >= 4 is 5.91 Å². The number of ether oxygens (including phenoxy) is 1. The van der Waals surface area contributed by atoms with Gasteiger partial charge in [0.05, 0.1) is 6.61 Å². The highest BCUT2D eigenvalue weighted by Gasteiger charge is 2.08. The van der Waals surface area contributed by atoms with Crippen LogP contribution in [0.2, 0.25) is 0 Å². The van der Waals surface area contributed by atoms with Gasteiger partial charge in [0, 0.05) is 5.57 Å². The van der Waals surface area contributed by atoms with Crippen LogP contribution in [0.3, 0.4) is 0 Å². The molecule has 0 aromatic carbocycles. The summed E-state index contributed by atoms with van der Waals surface area (Å²) >= 11 is 0. The van der Waals surface area contributed by atoms with Crippen LogP contribution in [0.5, 0.6) is 0 Å². The first-order valence-corrected chi connectivity index (χ1v) is 4.84. The SMILES string of the molecule is C=C(C)C(=O)NC(O)OCCCCC. The highest BCUT2D eigenvalue weighted by molar-refractivity contribution is 5.92. The number of carbonyl (C=O) groups excluding carboxylic acids is 1. The molecule has 0 saturated heterocycles. The Morgan fingerprint density at radius 3 is 2.71 bits per heavy atom. The monoisotopic (exact) mass is 201 g/mol. The summed E-state index contributed by atoms with van der Waals surface area (Å²) < 4.78 is 4.95. The summed E-state index contributed by atoms with van der Waals surface area (Å²) in [6.45, 7) is 7.54. The fraction of sp³-hybridized carbons (Fsp3) is 0.700. The molecule has 0 bridgehead atoms. The highest BCUT2D eigenvalue weighted by Crippen LogP contribution is 1.96. The topological polar surface area (TPSA) is 58.6 Å². The zero-order valence-corrected chi connectivity index (χ0v) is 8.88. The Balaban J connectivity index is 3.50. The zero-order valence-electron chi connectivity index (χ0n) is 8.88. The van der Waals surface area contributed by atoms with Gasteiger partial charge in [0.1, 0.15) is 0 Å². The maximum absolute atomic E-state index is 11.0. The van der Waals surface area contributed by atoms with E-state index in [-0.39, 0.29) is 0 Å². The van der Waals surface area contributed by atoms with E-state index in [1.54, 1.807) is 6.92 Å². The van der Waals surface area contributed by atoms with Gasteiger partial charge in [0.25, 0.3) is 0 Å². The van der Waals surface area contributed by atoms with Gasteiger partial charge in [-0.1, -0.05) is 26.3 Å². The van der Waals surface area contributed by atoms with E-state index < -0.39 is 12.3 Å². The van der Waals surface area contributed by atoms with E-state index in [1.165, 1.54) is 0 Å². The summed E-state index contributed by atoms with van der Waals surface area (Å²) in [5.41, 5.74) is 0.348. The Hall–Kier alpha value is -0.870. The maximum Gasteiger partial charge on any atom is 0.250 e. The van der Waals surface area contributed by atoms with Gasteiger partial charge in [0.2, 0.25) is 12.3 Å². The van der Waals surface area contributed by atoms with Crippen molar-refractivity contribution in [3.05, 3.63) is 12.2 Å². The molecule has 4 nitrogen and oxygen atoms in total. The molecule has 0 aromatic heterocycles. The highest BCUT2D eigenvalue weighted by atomic mass is 16.6. The summed E-state index contributed by atoms with van der Waals surface area (Å²) in [6.07, 6.45) is 1.81. The molecule has 0 aliphatic rings. The van der Waals surface area contributed by atoms with E-state index in [9.17, 15) is 9.90 Å². The van der Waals surface area contributed by atoms with E-state index in [4.69, 9.17) is 4.74 Å². The van der Waals surface area contributed by atoms with Crippen LogP contribution in [0.15, 0.2) is 12.2 Å². The van der Waals surface area contributed by atoms with Crippen molar-refractivity contribution < 1.29 is 14.6 Å². The van der Waals surface area contributed by atoms with Crippen LogP contribution in [-0.4, -0.2) is 24.0 Å². The number of unbranched alkanes of at least 4 members (excludes halogenated alkanes) is 2. The van der Waals surface area contributed by atoms with Gasteiger partial charge in [-0.15, -0.1) is 0 Å². The van der Waals surface area contributed by atoms with Gasteiger partial charge < -0.3 is 15.2 Å². The van der Waals surface area contributed by atoms with Gasteiger partial charge in [-0.05, 0) is 13.3 Å². The number of nitrogens with one attached hydrogen (secondary N) is 1. The number of carbonyl (C=O) groups is 1. The minimum absolute atomic E-state index is 0.348. The van der Waals surface area contributed by atoms with Crippen molar-refractivity contribution in [2.75, 3.05) is 6.61 Å². The summed E-state index contributed by atoms with van der Waals surface area (Å²) in [5.74, 6) is -0.395. The van der Waals surface area contributed by atoms with Gasteiger partial charge in [-0.2, -0.15) is 0 Å². The molecule has 0 aliphatic carbocycles. The number of aliphatic hydroxyl groups excluding tert-OH is 1. The molecule has 0 rings (SSSR count). The largest absolute Gasteiger partial charge is 0.351 e. The van der Waals surface area contributed by atoms with E-state index in [2.05, 4.69) is 18.8 Å². The van der Waals surface area contributed by atoms with E-state index in [0.717, 1.165) is 19.3 Å². The number of amides is 1. The molecule has 0 radical (unpaired) electrons. The standard InChI is InChI=1S/C10H19NO3/c1-4-5-6-7-14-10(13)11-9(12)8(2)3/h10,13H,2,4-7H2,1,3H3,(H,11,12). The molecule has 82 valence electrons. The fourth-order valence-electron chi connectivity index (χ4n) is 0.824. The predicted molar refractivity (Wildman–Crippen MR) is 54.4 cm³/mol. The Bertz CT molecular complexity index is 192. The first-order valence-electron chi connectivity index (χ1n) is 4.84. The first kappa shape index (κ1) is 13.1. The average molecular weight is 201 g/mol. The van der Waals surface area contributed by atoms with Crippen LogP contribution in [-0.2, 0) is 9.53 Å². The van der Waals surface area contributed by atoms with Crippen molar-refractivity contribution in [3.8, 4) is 0 Å². The van der Waals surface area contributed by atoms with E-state index in [1.807, 2.05) is 0 Å². The second-order valence-corrected chi connectivity index (χ2v) is 3.18. The fourth-order valence-corrected chi connectivity index (χ4v) is 0.824. The van der Waals surface area contributed by atoms with Crippen LogP contribution in [0.25, 0.3) is 0 Å². The molecule has 4 heteroatoms. The van der Waals surface area contributed by atoms with Crippen molar-refractivity contribution in [2.45, 2.75) is 39.5 Å². The minimum Gasteiger partial charge on any atom is -0.351 e. The Morgan fingerprint density at radius 1 is 1.57 bits per heavy atom. The first-order chi connectivity index (χ1) is 6.57. The van der Waals surface area contributed by atoms with Crippen molar-refractivity contribution in [1.29, 1.82) is 0 Å². The molecule has 0 fully saturated rings. The lowest BCUT2D eigenvalue weighted by Gasteiger charge is -2.13. The molecule has 0 saturated carbocycles.